The van der Waals surface area contributed by atoms with E-state index in [9.17, 15) is 0 Å². The van der Waals surface area contributed by atoms with Crippen LogP contribution in [0.4, 0.5) is 5.69 Å². The summed E-state index contributed by atoms with van der Waals surface area (Å²) >= 11 is 0. The zero-order chi connectivity index (χ0) is 38.6. The first-order valence-corrected chi connectivity index (χ1v) is 22.5. The molecule has 0 amide bonds. The smallest absolute Gasteiger partial charge is 0.215 e. The minimum atomic E-state index is -0.0502. The van der Waals surface area contributed by atoms with Crippen LogP contribution in [-0.4, -0.2) is 20.6 Å². The number of allylic oxidation sites excluding steroid dienone is 3. The van der Waals surface area contributed by atoms with Gasteiger partial charge < -0.3 is 9.13 Å². The van der Waals surface area contributed by atoms with Crippen molar-refractivity contribution < 1.29 is 9.88 Å². The average Bonchev–Trinajstić information content (AvgIpc) is 3.76. The maximum Gasteiger partial charge on any atom is 0.215 e. The molecule has 0 saturated heterocycles. The van der Waals surface area contributed by atoms with Gasteiger partial charge in [0.2, 0.25) is 5.69 Å². The molecule has 0 bridgehead atoms. The van der Waals surface area contributed by atoms with Crippen molar-refractivity contribution in [3.8, 4) is 16.8 Å². The number of nitrogens with zero attached hydrogens (tertiary/aromatic N) is 3. The van der Waals surface area contributed by atoms with Crippen molar-refractivity contribution in [3.05, 3.63) is 168 Å². The van der Waals surface area contributed by atoms with Crippen molar-refractivity contribution in [2.45, 2.75) is 71.9 Å². The largest absolute Gasteiger partial charge is 0.343 e. The zero-order valence-corrected chi connectivity index (χ0v) is 35.1. The minimum Gasteiger partial charge on any atom is -0.343 e. The minimum absolute atomic E-state index is 0.0444. The summed E-state index contributed by atoms with van der Waals surface area (Å²) in [6.45, 7) is 16.0. The highest BCUT2D eigenvalue weighted by Crippen LogP contribution is 2.42. The predicted molar refractivity (Wildman–Crippen MR) is 240 cm³/mol. The van der Waals surface area contributed by atoms with E-state index in [2.05, 4.69) is 194 Å². The third-order valence-corrected chi connectivity index (χ3v) is 14.8. The highest BCUT2D eigenvalue weighted by molar-refractivity contribution is 8.76. The lowest BCUT2D eigenvalue weighted by Gasteiger charge is -2.24. The number of aryl methyl sites for hydroxylation is 2. The van der Waals surface area contributed by atoms with Crippen LogP contribution in [0.3, 0.4) is 0 Å². The lowest BCUT2D eigenvalue weighted by atomic mass is 9.80. The molecule has 0 unspecified atom stereocenters. The van der Waals surface area contributed by atoms with Gasteiger partial charge in [0.15, 0.2) is 11.9 Å². The molecule has 9 rings (SSSR count). The van der Waals surface area contributed by atoms with Gasteiger partial charge in [-0.1, -0.05) is 114 Å². The highest BCUT2D eigenvalue weighted by atomic mass is 33.1. The normalized spacial score (nSPS) is 17.1. The Morgan fingerprint density at radius 1 is 0.679 bits per heavy atom. The van der Waals surface area contributed by atoms with E-state index in [1.807, 2.05) is 21.6 Å². The van der Waals surface area contributed by atoms with E-state index in [0.29, 0.717) is 0 Å². The van der Waals surface area contributed by atoms with Crippen LogP contribution < -0.4 is 9.88 Å². The first kappa shape index (κ1) is 36.9. The van der Waals surface area contributed by atoms with Gasteiger partial charge in [0.25, 0.3) is 0 Å². The van der Waals surface area contributed by atoms with Gasteiger partial charge in [0.05, 0.1) is 11.6 Å². The van der Waals surface area contributed by atoms with E-state index < -0.39 is 0 Å². The summed E-state index contributed by atoms with van der Waals surface area (Å²) in [7, 11) is 4.00. The highest BCUT2D eigenvalue weighted by Gasteiger charge is 2.43. The van der Waals surface area contributed by atoms with Crippen molar-refractivity contribution in [2.24, 2.45) is 0 Å². The number of hydrogen-bond donors (Lipinski definition) is 1. The van der Waals surface area contributed by atoms with Crippen LogP contribution in [0.1, 0.15) is 67.9 Å². The summed E-state index contributed by atoms with van der Waals surface area (Å²) < 4.78 is 7.48. The molecule has 2 aliphatic heterocycles. The summed E-state index contributed by atoms with van der Waals surface area (Å²) in [4.78, 5) is 0. The molecule has 5 heterocycles. The maximum atomic E-state index is 2.55. The SMILES string of the molecule is Cc1c(C2=C/CC(C)(C)c3ccccc3[NH2+]/C=C\2)c2ccccc2n1CCSSCCn1c(C)c(-c2cc[n+]3c(c2)C(C)(C)c2ccccc2-3)c2ccccc21. The number of fused-ring (bicyclic) bond motifs is 6. The van der Waals surface area contributed by atoms with Crippen molar-refractivity contribution in [3.63, 3.8) is 0 Å². The Balaban J connectivity index is 0.908. The first-order valence-electron chi connectivity index (χ1n) is 20.0. The number of hydrogen-bond acceptors (Lipinski definition) is 2. The van der Waals surface area contributed by atoms with Crippen molar-refractivity contribution >= 4 is 54.7 Å². The Kier molecular flexibility index (Phi) is 9.64. The fraction of sp³-hybridized carbons (Fsp3) is 0.260. The number of rotatable bonds is 9. The molecule has 2 N–H and O–H groups in total. The molecule has 4 nitrogen and oxygen atoms in total. The number of aromatic nitrogens is 3. The topological polar surface area (TPSA) is 30.3 Å². The summed E-state index contributed by atoms with van der Waals surface area (Å²) in [5.74, 6) is 2.10. The molecule has 3 aromatic heterocycles. The summed E-state index contributed by atoms with van der Waals surface area (Å²) in [6.07, 6.45) is 10.3. The molecular formula is C50H52N4S2+2. The Morgan fingerprint density at radius 2 is 1.27 bits per heavy atom. The summed E-state index contributed by atoms with van der Waals surface area (Å²) in [5, 5.41) is 4.96. The van der Waals surface area contributed by atoms with Gasteiger partial charge in [-0.15, -0.1) is 0 Å². The standard InChI is InChI=1S/C50H51N4S2/c1-34-47(36-23-26-49(3,4)40-17-9-11-19-42(40)51-27-24-36)38-15-7-12-20-43(38)52(34)29-31-55-56-32-30-53-35(2)48(39-16-8-13-21-44(39)53)37-25-28-54-45-22-14-10-18-41(45)50(5,6)46(54)33-37/h7-25,27-28,33,51H,26,29-32H2,1-6H3/q+1/p+1/b27-24-,36-23+. The van der Waals surface area contributed by atoms with Gasteiger partial charge in [0, 0.05) is 98.2 Å². The van der Waals surface area contributed by atoms with Crippen LogP contribution in [0.2, 0.25) is 0 Å². The first-order chi connectivity index (χ1) is 27.1. The summed E-state index contributed by atoms with van der Waals surface area (Å²) in [6, 6.07) is 40.4. The second-order valence-corrected chi connectivity index (χ2v) is 19.3. The molecule has 0 atom stereocenters. The number of quaternary nitrogens is 1. The molecule has 7 aromatic rings. The maximum absolute atomic E-state index is 2.55. The van der Waals surface area contributed by atoms with Gasteiger partial charge in [-0.05, 0) is 74.9 Å². The van der Waals surface area contributed by atoms with Crippen LogP contribution in [0.15, 0.2) is 134 Å². The molecule has 282 valence electrons. The fourth-order valence-corrected chi connectivity index (χ4v) is 11.4. The summed E-state index contributed by atoms with van der Waals surface area (Å²) in [5.41, 5.74) is 17.4. The number of para-hydroxylation sites is 4. The molecule has 6 heteroatoms. The molecular weight excluding hydrogens is 721 g/mol. The molecule has 56 heavy (non-hydrogen) atoms. The monoisotopic (exact) mass is 772 g/mol. The molecule has 0 saturated carbocycles. The number of nitrogens with two attached hydrogens (primary N) is 1. The van der Waals surface area contributed by atoms with Gasteiger partial charge in [-0.25, -0.2) is 0 Å². The molecule has 2 aliphatic rings. The lowest BCUT2D eigenvalue weighted by Crippen LogP contribution is -2.71. The third-order valence-electron chi connectivity index (χ3n) is 12.4. The van der Waals surface area contributed by atoms with Crippen LogP contribution in [0, 0.1) is 13.8 Å². The predicted octanol–water partition coefficient (Wildman–Crippen LogP) is 11.4. The van der Waals surface area contributed by atoms with Crippen LogP contribution >= 0.6 is 21.6 Å². The van der Waals surface area contributed by atoms with Gasteiger partial charge >= 0.3 is 0 Å². The second-order valence-electron chi connectivity index (χ2n) is 16.6. The zero-order valence-electron chi connectivity index (χ0n) is 33.5. The lowest BCUT2D eigenvalue weighted by molar-refractivity contribution is -0.599. The Hall–Kier alpha value is -4.75. The molecule has 0 aliphatic carbocycles. The van der Waals surface area contributed by atoms with E-state index in [-0.39, 0.29) is 10.8 Å². The quantitative estimate of drug-likeness (QED) is 0.0685. The van der Waals surface area contributed by atoms with E-state index in [1.54, 1.807) is 0 Å². The average molecular weight is 773 g/mol. The van der Waals surface area contributed by atoms with Crippen molar-refractivity contribution in [1.29, 1.82) is 0 Å². The Morgan fingerprint density at radius 3 is 1.98 bits per heavy atom. The van der Waals surface area contributed by atoms with E-state index >= 15 is 0 Å². The van der Waals surface area contributed by atoms with Gasteiger partial charge in [0.1, 0.15) is 5.69 Å². The van der Waals surface area contributed by atoms with Crippen LogP contribution in [-0.2, 0) is 23.9 Å². The second kappa shape index (κ2) is 14.6. The third kappa shape index (κ3) is 6.27. The molecule has 0 fully saturated rings. The molecule has 4 aromatic carbocycles. The Bertz CT molecular complexity index is 2690. The number of pyridine rings is 1. The van der Waals surface area contributed by atoms with Gasteiger partial charge in [-0.3, -0.25) is 5.32 Å². The molecule has 0 spiro atoms. The Labute approximate surface area is 339 Å². The van der Waals surface area contributed by atoms with Crippen LogP contribution in [0.25, 0.3) is 44.2 Å². The van der Waals surface area contributed by atoms with E-state index in [1.165, 1.54) is 83.7 Å². The van der Waals surface area contributed by atoms with Crippen molar-refractivity contribution in [1.82, 2.24) is 9.13 Å². The molecule has 0 radical (unpaired) electrons. The van der Waals surface area contributed by atoms with Crippen molar-refractivity contribution in [2.75, 3.05) is 11.5 Å². The fourth-order valence-electron chi connectivity index (χ4n) is 9.48. The van der Waals surface area contributed by atoms with E-state index in [0.717, 1.165) is 31.0 Å². The van der Waals surface area contributed by atoms with E-state index in [4.69, 9.17) is 0 Å². The van der Waals surface area contributed by atoms with Gasteiger partial charge in [-0.2, -0.15) is 4.57 Å². The number of benzene rings is 4. The van der Waals surface area contributed by atoms with Crippen LogP contribution in [0.5, 0.6) is 0 Å².